The predicted octanol–water partition coefficient (Wildman–Crippen LogP) is 2.65. The first-order valence-corrected chi connectivity index (χ1v) is 6.95. The number of aromatic nitrogens is 1. The van der Waals surface area contributed by atoms with Crippen molar-refractivity contribution in [3.05, 3.63) is 66.1 Å². The molecular formula is C17H14N2O3. The monoisotopic (exact) mass is 294 g/mol. The Kier molecular flexibility index (Phi) is 3.70. The fourth-order valence-corrected chi connectivity index (χ4v) is 2.33. The van der Waals surface area contributed by atoms with Crippen LogP contribution in [0.5, 0.6) is 0 Å². The van der Waals surface area contributed by atoms with Gasteiger partial charge >= 0.3 is 0 Å². The highest BCUT2D eigenvalue weighted by molar-refractivity contribution is 6.40. The van der Waals surface area contributed by atoms with Crippen molar-refractivity contribution >= 4 is 23.2 Å². The van der Waals surface area contributed by atoms with Crippen molar-refractivity contribution in [2.24, 2.45) is 0 Å². The van der Waals surface area contributed by atoms with Crippen LogP contribution in [-0.2, 0) is 9.53 Å². The first kappa shape index (κ1) is 14.0. The van der Waals surface area contributed by atoms with Crippen LogP contribution >= 0.6 is 0 Å². The molecule has 2 amide bonds. The molecule has 1 aromatic heterocycles. The van der Waals surface area contributed by atoms with Crippen LogP contribution in [0.25, 0.3) is 5.57 Å². The van der Waals surface area contributed by atoms with Crippen LogP contribution in [0.3, 0.4) is 0 Å². The zero-order valence-corrected chi connectivity index (χ0v) is 12.0. The number of ether oxygens (including phenoxy) is 1. The van der Waals surface area contributed by atoms with E-state index in [1.165, 1.54) is 6.26 Å². The Balaban J connectivity index is 2.16. The summed E-state index contributed by atoms with van der Waals surface area (Å²) < 4.78 is 5.28. The molecule has 0 spiro atoms. The van der Waals surface area contributed by atoms with E-state index in [1.54, 1.807) is 48.7 Å². The average Bonchev–Trinajstić information content (AvgIpc) is 2.56. The molecule has 0 saturated heterocycles. The van der Waals surface area contributed by atoms with Gasteiger partial charge in [0.25, 0.3) is 11.8 Å². The molecule has 0 bridgehead atoms. The second-order valence-corrected chi connectivity index (χ2v) is 4.67. The van der Waals surface area contributed by atoms with Crippen LogP contribution in [0, 0.1) is 0 Å². The Hall–Kier alpha value is -2.95. The zero-order valence-electron chi connectivity index (χ0n) is 12.0. The molecule has 1 aliphatic rings. The van der Waals surface area contributed by atoms with Crippen LogP contribution in [0.2, 0.25) is 0 Å². The normalized spacial score (nSPS) is 15.9. The van der Waals surface area contributed by atoms with E-state index in [9.17, 15) is 9.59 Å². The van der Waals surface area contributed by atoms with E-state index in [4.69, 9.17) is 4.74 Å². The van der Waals surface area contributed by atoms with Crippen LogP contribution in [0.1, 0.15) is 22.8 Å². The van der Waals surface area contributed by atoms with Gasteiger partial charge in [-0.25, -0.2) is 9.88 Å². The van der Waals surface area contributed by atoms with E-state index < -0.39 is 5.91 Å². The first-order chi connectivity index (χ1) is 10.7. The molecule has 110 valence electrons. The molecule has 0 unspecified atom stereocenters. The minimum absolute atomic E-state index is 0.300. The molecule has 22 heavy (non-hydrogen) atoms. The number of rotatable bonds is 3. The molecule has 1 aromatic carbocycles. The molecular weight excluding hydrogens is 280 g/mol. The predicted molar refractivity (Wildman–Crippen MR) is 82.1 cm³/mol. The summed E-state index contributed by atoms with van der Waals surface area (Å²) in [4.78, 5) is 30.5. The third-order valence-electron chi connectivity index (χ3n) is 3.33. The third-order valence-corrected chi connectivity index (χ3v) is 3.33. The zero-order chi connectivity index (χ0) is 15.5. The maximum absolute atomic E-state index is 12.7. The fraction of sp³-hybridized carbons (Fsp3) is 0.118. The summed E-state index contributed by atoms with van der Waals surface area (Å²) in [6, 6.07) is 12.1. The van der Waals surface area contributed by atoms with Gasteiger partial charge in [0.2, 0.25) is 0 Å². The van der Waals surface area contributed by atoms with Crippen molar-refractivity contribution < 1.29 is 14.3 Å². The smallest absolute Gasteiger partial charge is 0.270 e. The summed E-state index contributed by atoms with van der Waals surface area (Å²) in [6.45, 7) is 2.27. The molecule has 2 aromatic rings. The summed E-state index contributed by atoms with van der Waals surface area (Å²) in [7, 11) is 0. The van der Waals surface area contributed by atoms with Gasteiger partial charge in [-0.05, 0) is 25.1 Å². The van der Waals surface area contributed by atoms with Gasteiger partial charge < -0.3 is 4.74 Å². The van der Waals surface area contributed by atoms with E-state index in [-0.39, 0.29) is 5.91 Å². The molecule has 1 aliphatic heterocycles. The minimum Gasteiger partial charge on any atom is -0.501 e. The lowest BCUT2D eigenvalue weighted by molar-refractivity contribution is -0.113. The second kappa shape index (κ2) is 5.81. The van der Waals surface area contributed by atoms with Gasteiger partial charge in [-0.1, -0.05) is 24.3 Å². The van der Waals surface area contributed by atoms with Gasteiger partial charge in [-0.15, -0.1) is 0 Å². The van der Waals surface area contributed by atoms with Crippen molar-refractivity contribution in [1.29, 1.82) is 0 Å². The van der Waals surface area contributed by atoms with E-state index in [1.807, 2.05) is 6.92 Å². The highest BCUT2D eigenvalue weighted by Crippen LogP contribution is 2.31. The van der Waals surface area contributed by atoms with Gasteiger partial charge in [0.15, 0.2) is 0 Å². The molecule has 5 heteroatoms. The lowest BCUT2D eigenvalue weighted by Crippen LogP contribution is -2.42. The number of carbonyl (C=O) groups is 2. The van der Waals surface area contributed by atoms with Crippen molar-refractivity contribution in [1.82, 2.24) is 4.98 Å². The number of hydrogen-bond acceptors (Lipinski definition) is 4. The van der Waals surface area contributed by atoms with Gasteiger partial charge in [-0.2, -0.15) is 0 Å². The summed E-state index contributed by atoms with van der Waals surface area (Å²) in [6.07, 6.45) is 2.95. The topological polar surface area (TPSA) is 59.5 Å². The van der Waals surface area contributed by atoms with Gasteiger partial charge in [0.05, 0.1) is 18.4 Å². The van der Waals surface area contributed by atoms with E-state index >= 15 is 0 Å². The molecule has 0 radical (unpaired) electrons. The van der Waals surface area contributed by atoms with Crippen LogP contribution in [0.4, 0.5) is 5.82 Å². The molecule has 2 heterocycles. The highest BCUT2D eigenvalue weighted by Gasteiger charge is 2.36. The maximum Gasteiger partial charge on any atom is 0.270 e. The van der Waals surface area contributed by atoms with Gasteiger partial charge in [-0.3, -0.25) is 9.59 Å². The Bertz CT molecular complexity index is 754. The number of carbonyl (C=O) groups excluding carboxylic acids is 2. The third kappa shape index (κ3) is 2.26. The molecule has 5 nitrogen and oxygen atoms in total. The van der Waals surface area contributed by atoms with E-state index in [2.05, 4.69) is 4.98 Å². The number of nitrogens with zero attached hydrogens (tertiary/aromatic N) is 2. The minimum atomic E-state index is -0.434. The van der Waals surface area contributed by atoms with Crippen LogP contribution in [0.15, 0.2) is 54.9 Å². The highest BCUT2D eigenvalue weighted by atomic mass is 16.5. The van der Waals surface area contributed by atoms with Crippen LogP contribution < -0.4 is 4.90 Å². The summed E-state index contributed by atoms with van der Waals surface area (Å²) in [5, 5.41) is 0. The Morgan fingerprint density at radius 3 is 2.45 bits per heavy atom. The standard InChI is InChI=1S/C17H14N2O3/c1-2-22-11-14-12-7-3-4-8-13(12)16(20)19(17(14)21)15-9-5-6-10-18-15/h3-11H,2H2,1H3/b14-11-. The number of anilines is 1. The Morgan fingerprint density at radius 1 is 1.05 bits per heavy atom. The summed E-state index contributed by atoms with van der Waals surface area (Å²) in [5.74, 6) is -0.516. The molecule has 0 aliphatic carbocycles. The van der Waals surface area contributed by atoms with Crippen molar-refractivity contribution in [3.8, 4) is 0 Å². The lowest BCUT2D eigenvalue weighted by atomic mass is 9.94. The van der Waals surface area contributed by atoms with Crippen molar-refractivity contribution in [3.63, 3.8) is 0 Å². The van der Waals surface area contributed by atoms with Gasteiger partial charge in [0.1, 0.15) is 5.82 Å². The van der Waals surface area contributed by atoms with Crippen molar-refractivity contribution in [2.45, 2.75) is 6.92 Å². The second-order valence-electron chi connectivity index (χ2n) is 4.67. The number of benzene rings is 1. The summed E-state index contributed by atoms with van der Waals surface area (Å²) >= 11 is 0. The molecule has 0 N–H and O–H groups in total. The lowest BCUT2D eigenvalue weighted by Gasteiger charge is -2.27. The van der Waals surface area contributed by atoms with Crippen molar-refractivity contribution in [2.75, 3.05) is 11.5 Å². The van der Waals surface area contributed by atoms with E-state index in [0.29, 0.717) is 29.1 Å². The molecule has 0 saturated carbocycles. The number of fused-ring (bicyclic) bond motifs is 1. The van der Waals surface area contributed by atoms with E-state index in [0.717, 1.165) is 4.90 Å². The number of imide groups is 1. The SMILES string of the molecule is CCO/C=C1\C(=O)N(c2ccccn2)C(=O)c2ccccc21. The molecule has 0 atom stereocenters. The van der Waals surface area contributed by atoms with Crippen LogP contribution in [-0.4, -0.2) is 23.4 Å². The Labute approximate surface area is 127 Å². The molecule has 0 fully saturated rings. The Morgan fingerprint density at radius 2 is 1.77 bits per heavy atom. The first-order valence-electron chi connectivity index (χ1n) is 6.95. The quantitative estimate of drug-likeness (QED) is 0.496. The number of hydrogen-bond donors (Lipinski definition) is 0. The van der Waals surface area contributed by atoms with Gasteiger partial charge in [0, 0.05) is 17.3 Å². The molecule has 3 rings (SSSR count). The maximum atomic E-state index is 12.7. The average molecular weight is 294 g/mol. The number of pyridine rings is 1. The number of amides is 2. The summed E-state index contributed by atoms with van der Waals surface area (Å²) in [5.41, 5.74) is 1.39. The largest absolute Gasteiger partial charge is 0.501 e. The fourth-order valence-electron chi connectivity index (χ4n) is 2.33.